The summed E-state index contributed by atoms with van der Waals surface area (Å²) in [4.78, 5) is 0. The highest BCUT2D eigenvalue weighted by molar-refractivity contribution is 5.38. The van der Waals surface area contributed by atoms with Crippen LogP contribution in [0.15, 0.2) is 36.4 Å². The molecule has 6 heteroatoms. The number of methoxy groups -OCH3 is 1. The standard InChI is InChI=1S/C23H30O6/c1-28-22-21(26)23(27,20(25)19(15-24)29-22)14-18-12-6-11-17(13-18)10-5-9-16-7-3-2-4-8-16/h3,6-7,11-13,16,19-22,24-27H,2,4,8-9,14-15H2,1H3/t16?,19-,20+,21+,22-,23+/m1/s1. The fraction of sp³-hybridized carbons (Fsp3) is 0.565. The van der Waals surface area contributed by atoms with E-state index < -0.39 is 36.8 Å². The molecule has 1 fully saturated rings. The van der Waals surface area contributed by atoms with Gasteiger partial charge in [0.25, 0.3) is 0 Å². The van der Waals surface area contributed by atoms with Crippen molar-refractivity contribution in [2.75, 3.05) is 13.7 Å². The molecule has 0 saturated carbocycles. The highest BCUT2D eigenvalue weighted by Gasteiger charge is 2.55. The SMILES string of the molecule is CO[C@@H]1O[C@H](CO)[C@H](O)[C@@](O)(Cc2cccc(C#CCC3C=CCCC3)c2)[C@H]1O. The van der Waals surface area contributed by atoms with Crippen molar-refractivity contribution < 1.29 is 29.9 Å². The van der Waals surface area contributed by atoms with Gasteiger partial charge in [-0.3, -0.25) is 0 Å². The van der Waals surface area contributed by atoms with Crippen LogP contribution in [-0.4, -0.2) is 64.3 Å². The van der Waals surface area contributed by atoms with Crippen LogP contribution in [0.3, 0.4) is 0 Å². The third-order valence-corrected chi connectivity index (χ3v) is 5.72. The monoisotopic (exact) mass is 402 g/mol. The van der Waals surface area contributed by atoms with Crippen LogP contribution < -0.4 is 0 Å². The Morgan fingerprint density at radius 1 is 1.28 bits per heavy atom. The first-order valence-electron chi connectivity index (χ1n) is 10.1. The Balaban J connectivity index is 1.74. The molecular weight excluding hydrogens is 372 g/mol. The number of ether oxygens (including phenoxy) is 2. The number of benzene rings is 1. The molecule has 6 atom stereocenters. The number of aliphatic hydroxyl groups is 4. The van der Waals surface area contributed by atoms with Gasteiger partial charge in [-0.2, -0.15) is 0 Å². The number of rotatable bonds is 5. The van der Waals surface area contributed by atoms with Crippen molar-refractivity contribution >= 4 is 0 Å². The Labute approximate surface area is 171 Å². The van der Waals surface area contributed by atoms with Crippen molar-refractivity contribution in [3.05, 3.63) is 47.5 Å². The minimum Gasteiger partial charge on any atom is -0.394 e. The molecule has 1 heterocycles. The second-order valence-electron chi connectivity index (χ2n) is 7.84. The highest BCUT2D eigenvalue weighted by Crippen LogP contribution is 2.33. The summed E-state index contributed by atoms with van der Waals surface area (Å²) in [7, 11) is 1.33. The normalized spacial score (nSPS) is 34.4. The molecule has 0 spiro atoms. The Hall–Kier alpha value is -1.72. The first-order chi connectivity index (χ1) is 14.0. The van der Waals surface area contributed by atoms with Crippen LogP contribution in [-0.2, 0) is 15.9 Å². The lowest BCUT2D eigenvalue weighted by Gasteiger charge is -2.47. The average molecular weight is 402 g/mol. The predicted octanol–water partition coefficient (Wildman–Crippen LogP) is 1.14. The van der Waals surface area contributed by atoms with Crippen LogP contribution in [0.5, 0.6) is 0 Å². The summed E-state index contributed by atoms with van der Waals surface area (Å²) in [6, 6.07) is 7.37. The van der Waals surface area contributed by atoms with E-state index in [4.69, 9.17) is 9.47 Å². The molecule has 0 aromatic heterocycles. The molecule has 0 radical (unpaired) electrons. The summed E-state index contributed by atoms with van der Waals surface area (Å²) in [6.07, 6.45) is 3.62. The van der Waals surface area contributed by atoms with E-state index in [9.17, 15) is 20.4 Å². The van der Waals surface area contributed by atoms with Gasteiger partial charge in [0.2, 0.25) is 0 Å². The van der Waals surface area contributed by atoms with Gasteiger partial charge in [-0.05, 0) is 42.9 Å². The van der Waals surface area contributed by atoms with Crippen LogP contribution in [0.25, 0.3) is 0 Å². The van der Waals surface area contributed by atoms with Crippen molar-refractivity contribution in [1.29, 1.82) is 0 Å². The van der Waals surface area contributed by atoms with E-state index in [1.54, 1.807) is 6.07 Å². The largest absolute Gasteiger partial charge is 0.394 e. The molecule has 1 unspecified atom stereocenters. The van der Waals surface area contributed by atoms with Crippen LogP contribution >= 0.6 is 0 Å². The molecule has 0 amide bonds. The van der Waals surface area contributed by atoms with E-state index in [0.717, 1.165) is 18.4 Å². The molecular formula is C23H30O6. The molecule has 6 nitrogen and oxygen atoms in total. The number of hydrogen-bond donors (Lipinski definition) is 4. The maximum absolute atomic E-state index is 11.1. The minimum absolute atomic E-state index is 0.0318. The third kappa shape index (κ3) is 5.07. The molecule has 29 heavy (non-hydrogen) atoms. The van der Waals surface area contributed by atoms with Crippen molar-refractivity contribution in [1.82, 2.24) is 0 Å². The van der Waals surface area contributed by atoms with Gasteiger partial charge in [-0.15, -0.1) is 0 Å². The Morgan fingerprint density at radius 2 is 2.10 bits per heavy atom. The molecule has 3 rings (SSSR count). The third-order valence-electron chi connectivity index (χ3n) is 5.72. The number of allylic oxidation sites excluding steroid dienone is 2. The summed E-state index contributed by atoms with van der Waals surface area (Å²) >= 11 is 0. The van der Waals surface area contributed by atoms with Gasteiger partial charge < -0.3 is 29.9 Å². The average Bonchev–Trinajstić information content (AvgIpc) is 2.74. The Morgan fingerprint density at radius 3 is 2.79 bits per heavy atom. The molecule has 1 aromatic rings. The molecule has 1 aliphatic heterocycles. The van der Waals surface area contributed by atoms with Gasteiger partial charge in [0, 0.05) is 25.5 Å². The summed E-state index contributed by atoms with van der Waals surface area (Å²) in [6.45, 7) is -0.503. The molecule has 0 bridgehead atoms. The van der Waals surface area contributed by atoms with Crippen LogP contribution in [0, 0.1) is 17.8 Å². The molecule has 1 saturated heterocycles. The van der Waals surface area contributed by atoms with Crippen molar-refractivity contribution in [3.63, 3.8) is 0 Å². The second kappa shape index (κ2) is 9.86. The van der Waals surface area contributed by atoms with Gasteiger partial charge in [-0.1, -0.05) is 36.1 Å². The van der Waals surface area contributed by atoms with Crippen molar-refractivity contribution in [3.8, 4) is 11.8 Å². The van der Waals surface area contributed by atoms with Crippen LogP contribution in [0.2, 0.25) is 0 Å². The van der Waals surface area contributed by atoms with E-state index in [2.05, 4.69) is 24.0 Å². The van der Waals surface area contributed by atoms with E-state index in [-0.39, 0.29) is 6.42 Å². The zero-order chi connectivity index (χ0) is 20.9. The summed E-state index contributed by atoms with van der Waals surface area (Å²) in [5.41, 5.74) is -0.405. The highest BCUT2D eigenvalue weighted by atomic mass is 16.7. The maximum atomic E-state index is 11.1. The van der Waals surface area contributed by atoms with E-state index >= 15 is 0 Å². The summed E-state index contributed by atoms with van der Waals surface area (Å²) in [5, 5.41) is 41.6. The minimum atomic E-state index is -1.93. The number of hydrogen-bond acceptors (Lipinski definition) is 6. The van der Waals surface area contributed by atoms with Gasteiger partial charge >= 0.3 is 0 Å². The first kappa shape index (κ1) is 22.0. The summed E-state index contributed by atoms with van der Waals surface area (Å²) < 4.78 is 10.4. The zero-order valence-electron chi connectivity index (χ0n) is 16.7. The fourth-order valence-corrected chi connectivity index (χ4v) is 4.01. The first-order valence-corrected chi connectivity index (χ1v) is 10.1. The molecule has 1 aromatic carbocycles. The lowest BCUT2D eigenvalue weighted by Crippen LogP contribution is -2.68. The molecule has 4 N–H and O–H groups in total. The lowest BCUT2D eigenvalue weighted by atomic mass is 9.79. The summed E-state index contributed by atoms with van der Waals surface area (Å²) in [5.74, 6) is 6.90. The van der Waals surface area contributed by atoms with E-state index in [0.29, 0.717) is 11.5 Å². The van der Waals surface area contributed by atoms with E-state index in [1.807, 2.05) is 18.2 Å². The van der Waals surface area contributed by atoms with Gasteiger partial charge in [0.05, 0.1) is 6.61 Å². The molecule has 1 aliphatic carbocycles. The van der Waals surface area contributed by atoms with Gasteiger partial charge in [0.15, 0.2) is 6.29 Å². The van der Waals surface area contributed by atoms with Crippen molar-refractivity contribution in [2.24, 2.45) is 5.92 Å². The van der Waals surface area contributed by atoms with E-state index in [1.165, 1.54) is 20.0 Å². The quantitative estimate of drug-likeness (QED) is 0.436. The molecule has 2 aliphatic rings. The molecule has 158 valence electrons. The van der Waals surface area contributed by atoms with Gasteiger partial charge in [-0.25, -0.2) is 0 Å². The fourth-order valence-electron chi connectivity index (χ4n) is 4.01. The van der Waals surface area contributed by atoms with Gasteiger partial charge in [0.1, 0.15) is 23.9 Å². The Kier molecular flexibility index (Phi) is 7.47. The van der Waals surface area contributed by atoms with Crippen molar-refractivity contribution in [2.45, 2.75) is 62.3 Å². The lowest BCUT2D eigenvalue weighted by molar-refractivity contribution is -0.327. The maximum Gasteiger partial charge on any atom is 0.186 e. The number of aliphatic hydroxyl groups excluding tert-OH is 3. The van der Waals surface area contributed by atoms with Crippen LogP contribution in [0.4, 0.5) is 0 Å². The van der Waals surface area contributed by atoms with Crippen LogP contribution in [0.1, 0.15) is 36.8 Å². The smallest absolute Gasteiger partial charge is 0.186 e. The second-order valence-corrected chi connectivity index (χ2v) is 7.84. The zero-order valence-corrected chi connectivity index (χ0v) is 16.7. The predicted molar refractivity (Wildman–Crippen MR) is 108 cm³/mol. The Bertz CT molecular complexity index is 748. The topological polar surface area (TPSA) is 99.4 Å².